The van der Waals surface area contributed by atoms with Gasteiger partial charge in [0.15, 0.2) is 0 Å². The van der Waals surface area contributed by atoms with Crippen LogP contribution in [0.1, 0.15) is 5.56 Å². The van der Waals surface area contributed by atoms with Crippen LogP contribution in [0.2, 0.25) is 0 Å². The van der Waals surface area contributed by atoms with Gasteiger partial charge in [-0.15, -0.1) is 0 Å². The molecule has 0 spiro atoms. The maximum atomic E-state index is 13.9. The van der Waals surface area contributed by atoms with Gasteiger partial charge in [0, 0.05) is 32.7 Å². The number of anilines is 1. The average molecular weight is 355 g/mol. The third-order valence-corrected chi connectivity index (χ3v) is 4.46. The first kappa shape index (κ1) is 18.2. The lowest BCUT2D eigenvalue weighted by atomic mass is 10.2. The number of hydrogen-bond donors (Lipinski definition) is 1. The lowest BCUT2D eigenvalue weighted by Crippen LogP contribution is -2.49. The van der Waals surface area contributed by atoms with E-state index in [0.717, 1.165) is 26.2 Å². The fourth-order valence-electron chi connectivity index (χ4n) is 3.05. The van der Waals surface area contributed by atoms with E-state index in [0.29, 0.717) is 23.5 Å². The summed E-state index contributed by atoms with van der Waals surface area (Å²) in [7, 11) is 0. The molecule has 1 aliphatic heterocycles. The molecule has 136 valence electrons. The zero-order valence-electron chi connectivity index (χ0n) is 14.5. The van der Waals surface area contributed by atoms with Crippen molar-refractivity contribution in [2.75, 3.05) is 44.2 Å². The number of hydrogen-bond acceptors (Lipinski definition) is 5. The lowest BCUT2D eigenvalue weighted by Gasteiger charge is -2.36. The summed E-state index contributed by atoms with van der Waals surface area (Å²) in [5.74, 6) is 0.434. The van der Waals surface area contributed by atoms with Gasteiger partial charge in [0.05, 0.1) is 17.3 Å². The Morgan fingerprint density at radius 1 is 1.08 bits per heavy atom. The number of rotatable bonds is 6. The number of benzene rings is 2. The first-order chi connectivity index (χ1) is 12.7. The van der Waals surface area contributed by atoms with Gasteiger partial charge in [-0.2, -0.15) is 5.26 Å². The van der Waals surface area contributed by atoms with Crippen LogP contribution >= 0.6 is 0 Å². The summed E-state index contributed by atoms with van der Waals surface area (Å²) in [4.78, 5) is 4.19. The van der Waals surface area contributed by atoms with Crippen LogP contribution in [0, 0.1) is 17.1 Å². The van der Waals surface area contributed by atoms with E-state index in [9.17, 15) is 9.50 Å². The summed E-state index contributed by atoms with van der Waals surface area (Å²) < 4.78 is 19.4. The molecular weight excluding hydrogens is 333 g/mol. The van der Waals surface area contributed by atoms with Gasteiger partial charge in [-0.05, 0) is 36.4 Å². The predicted octanol–water partition coefficient (Wildman–Crippen LogP) is 2.26. The monoisotopic (exact) mass is 355 g/mol. The van der Waals surface area contributed by atoms with E-state index in [2.05, 4.69) is 11.0 Å². The molecule has 1 fully saturated rings. The molecule has 0 aromatic heterocycles. The molecule has 2 aromatic rings. The third kappa shape index (κ3) is 4.72. The number of nitriles is 1. The minimum atomic E-state index is -0.606. The molecule has 1 heterocycles. The maximum Gasteiger partial charge on any atom is 0.146 e. The molecule has 0 aliphatic carbocycles. The summed E-state index contributed by atoms with van der Waals surface area (Å²) in [6.45, 7) is 3.69. The number of piperazine rings is 1. The molecule has 6 heteroatoms. The standard InChI is InChI=1S/C20H22FN3O2/c21-19-3-1-2-4-20(19)24-11-9-23(10-12-24)14-17(25)15-26-18-7-5-16(13-22)6-8-18/h1-8,17,25H,9-12,14-15H2/t17-/m0/s1. The van der Waals surface area contributed by atoms with Crippen LogP contribution in [-0.2, 0) is 0 Å². The second kappa shape index (κ2) is 8.65. The fraction of sp³-hybridized carbons (Fsp3) is 0.350. The molecule has 5 nitrogen and oxygen atoms in total. The summed E-state index contributed by atoms with van der Waals surface area (Å²) in [5, 5.41) is 19.0. The largest absolute Gasteiger partial charge is 0.491 e. The summed E-state index contributed by atoms with van der Waals surface area (Å²) in [5.41, 5.74) is 1.21. The van der Waals surface area contributed by atoms with Crippen molar-refractivity contribution in [1.29, 1.82) is 5.26 Å². The lowest BCUT2D eigenvalue weighted by molar-refractivity contribution is 0.0662. The van der Waals surface area contributed by atoms with Crippen molar-refractivity contribution in [3.8, 4) is 11.8 Å². The summed E-state index contributed by atoms with van der Waals surface area (Å²) in [6, 6.07) is 15.7. The Hall–Kier alpha value is -2.62. The molecular formula is C20H22FN3O2. The first-order valence-corrected chi connectivity index (χ1v) is 8.68. The normalized spacial score (nSPS) is 16.1. The van der Waals surface area contributed by atoms with Crippen molar-refractivity contribution in [3.05, 3.63) is 59.9 Å². The molecule has 1 saturated heterocycles. The molecule has 0 saturated carbocycles. The molecule has 0 amide bonds. The van der Waals surface area contributed by atoms with Gasteiger partial charge < -0.3 is 14.7 Å². The van der Waals surface area contributed by atoms with E-state index in [-0.39, 0.29) is 12.4 Å². The zero-order chi connectivity index (χ0) is 18.4. The predicted molar refractivity (Wildman–Crippen MR) is 97.7 cm³/mol. The van der Waals surface area contributed by atoms with Crippen molar-refractivity contribution >= 4 is 5.69 Å². The molecule has 0 unspecified atom stereocenters. The highest BCUT2D eigenvalue weighted by Crippen LogP contribution is 2.20. The molecule has 1 N–H and O–H groups in total. The minimum Gasteiger partial charge on any atom is -0.491 e. The van der Waals surface area contributed by atoms with E-state index in [1.54, 1.807) is 36.4 Å². The SMILES string of the molecule is N#Cc1ccc(OC[C@@H](O)CN2CCN(c3ccccc3F)CC2)cc1. The van der Waals surface area contributed by atoms with E-state index < -0.39 is 6.10 Å². The molecule has 2 aromatic carbocycles. The Morgan fingerprint density at radius 3 is 2.42 bits per heavy atom. The van der Waals surface area contributed by atoms with E-state index >= 15 is 0 Å². The number of halogens is 1. The maximum absolute atomic E-state index is 13.9. The topological polar surface area (TPSA) is 59.7 Å². The Bertz CT molecular complexity index is 752. The number of aliphatic hydroxyl groups is 1. The van der Waals surface area contributed by atoms with Crippen molar-refractivity contribution in [2.45, 2.75) is 6.10 Å². The molecule has 1 aliphatic rings. The Kier molecular flexibility index (Phi) is 6.05. The van der Waals surface area contributed by atoms with Crippen LogP contribution < -0.4 is 9.64 Å². The van der Waals surface area contributed by atoms with Gasteiger partial charge in [0.2, 0.25) is 0 Å². The van der Waals surface area contributed by atoms with Gasteiger partial charge in [-0.25, -0.2) is 4.39 Å². The highest BCUT2D eigenvalue weighted by Gasteiger charge is 2.21. The first-order valence-electron chi connectivity index (χ1n) is 8.68. The molecule has 0 bridgehead atoms. The Morgan fingerprint density at radius 2 is 1.77 bits per heavy atom. The third-order valence-electron chi connectivity index (χ3n) is 4.46. The van der Waals surface area contributed by atoms with Crippen LogP contribution in [0.4, 0.5) is 10.1 Å². The van der Waals surface area contributed by atoms with Gasteiger partial charge in [0.1, 0.15) is 24.3 Å². The van der Waals surface area contributed by atoms with Crippen molar-refractivity contribution < 1.29 is 14.2 Å². The number of nitrogens with zero attached hydrogens (tertiary/aromatic N) is 3. The molecule has 26 heavy (non-hydrogen) atoms. The zero-order valence-corrected chi connectivity index (χ0v) is 14.5. The van der Waals surface area contributed by atoms with Crippen LogP contribution in [0.15, 0.2) is 48.5 Å². The number of β-amino-alcohol motifs (C(OH)–C–C–N with tert-alkyl or cyclic N) is 1. The van der Waals surface area contributed by atoms with Gasteiger partial charge in [-0.3, -0.25) is 4.90 Å². The molecule has 3 rings (SSSR count). The van der Waals surface area contributed by atoms with Crippen LogP contribution in [-0.4, -0.2) is 55.4 Å². The molecule has 0 radical (unpaired) electrons. The van der Waals surface area contributed by atoms with Gasteiger partial charge in [-0.1, -0.05) is 12.1 Å². The van der Waals surface area contributed by atoms with Crippen molar-refractivity contribution in [3.63, 3.8) is 0 Å². The van der Waals surface area contributed by atoms with Crippen molar-refractivity contribution in [1.82, 2.24) is 4.90 Å². The average Bonchev–Trinajstić information content (AvgIpc) is 2.68. The minimum absolute atomic E-state index is 0.194. The summed E-state index contributed by atoms with van der Waals surface area (Å²) in [6.07, 6.45) is -0.606. The van der Waals surface area contributed by atoms with E-state index in [1.807, 2.05) is 11.0 Å². The van der Waals surface area contributed by atoms with Crippen molar-refractivity contribution in [2.24, 2.45) is 0 Å². The fourth-order valence-corrected chi connectivity index (χ4v) is 3.05. The number of para-hydroxylation sites is 1. The second-order valence-electron chi connectivity index (χ2n) is 6.34. The van der Waals surface area contributed by atoms with E-state index in [4.69, 9.17) is 10.00 Å². The van der Waals surface area contributed by atoms with Crippen LogP contribution in [0.25, 0.3) is 0 Å². The van der Waals surface area contributed by atoms with Crippen LogP contribution in [0.5, 0.6) is 5.75 Å². The van der Waals surface area contributed by atoms with Gasteiger partial charge in [0.25, 0.3) is 0 Å². The van der Waals surface area contributed by atoms with E-state index in [1.165, 1.54) is 6.07 Å². The van der Waals surface area contributed by atoms with Crippen LogP contribution in [0.3, 0.4) is 0 Å². The summed E-state index contributed by atoms with van der Waals surface area (Å²) >= 11 is 0. The van der Waals surface area contributed by atoms with Gasteiger partial charge >= 0.3 is 0 Å². The number of ether oxygens (including phenoxy) is 1. The second-order valence-corrected chi connectivity index (χ2v) is 6.34. The quantitative estimate of drug-likeness (QED) is 0.861. The Labute approximate surface area is 152 Å². The highest BCUT2D eigenvalue weighted by atomic mass is 19.1. The smallest absolute Gasteiger partial charge is 0.146 e. The highest BCUT2D eigenvalue weighted by molar-refractivity contribution is 5.48. The Balaban J connectivity index is 1.42. The molecule has 1 atom stereocenters. The number of aliphatic hydroxyl groups excluding tert-OH is 1.